The van der Waals surface area contributed by atoms with E-state index < -0.39 is 30.0 Å². The number of hydrogen-bond acceptors (Lipinski definition) is 6. The largest absolute Gasteiger partial charge is 0.394 e. The molecule has 29 heavy (non-hydrogen) atoms. The maximum absolute atomic E-state index is 11.4. The first kappa shape index (κ1) is 26.8. The van der Waals surface area contributed by atoms with E-state index in [1.807, 2.05) is 6.92 Å². The summed E-state index contributed by atoms with van der Waals surface area (Å²) < 4.78 is 18.9. The molecule has 0 amide bonds. The van der Waals surface area contributed by atoms with Crippen molar-refractivity contribution in [3.8, 4) is 0 Å². The lowest BCUT2D eigenvalue weighted by atomic mass is 9.74. The molecule has 6 nitrogen and oxygen atoms in total. The highest BCUT2D eigenvalue weighted by atomic mass is 16.6. The molecule has 0 radical (unpaired) electrons. The highest BCUT2D eigenvalue weighted by Crippen LogP contribution is 2.42. The van der Waals surface area contributed by atoms with Gasteiger partial charge in [-0.3, -0.25) is 0 Å². The average molecular weight is 419 g/mol. The van der Waals surface area contributed by atoms with Gasteiger partial charge in [-0.05, 0) is 39.0 Å². The van der Waals surface area contributed by atoms with E-state index >= 15 is 0 Å². The third kappa shape index (κ3) is 6.62. The molecule has 0 aromatic rings. The first-order chi connectivity index (χ1) is 13.8. The normalized spacial score (nSPS) is 33.4. The molecule has 1 rings (SSSR count). The second-order valence-corrected chi connectivity index (χ2v) is 8.91. The number of aliphatic hydroxyl groups excluding tert-OH is 3. The predicted molar refractivity (Wildman–Crippen MR) is 115 cm³/mol. The topological polar surface area (TPSA) is 88.4 Å². The van der Waals surface area contributed by atoms with Gasteiger partial charge in [0.2, 0.25) is 0 Å². The van der Waals surface area contributed by atoms with Gasteiger partial charge in [0.25, 0.3) is 0 Å². The van der Waals surface area contributed by atoms with E-state index in [4.69, 9.17) is 14.2 Å². The van der Waals surface area contributed by atoms with Crippen LogP contribution in [0.4, 0.5) is 0 Å². The van der Waals surface area contributed by atoms with Gasteiger partial charge >= 0.3 is 0 Å². The minimum atomic E-state index is -0.911. The fraction of sp³-hybridized carbons (Fsp3) is 1.00. The lowest BCUT2D eigenvalue weighted by Crippen LogP contribution is -2.68. The summed E-state index contributed by atoms with van der Waals surface area (Å²) in [5.74, 6) is 0.135. The van der Waals surface area contributed by atoms with Crippen LogP contribution in [-0.4, -0.2) is 70.8 Å². The lowest BCUT2D eigenvalue weighted by Gasteiger charge is -2.54. The summed E-state index contributed by atoms with van der Waals surface area (Å²) in [5, 5.41) is 30.9. The van der Waals surface area contributed by atoms with Crippen LogP contribution in [0.3, 0.4) is 0 Å². The highest BCUT2D eigenvalue weighted by molar-refractivity contribution is 5.04. The van der Waals surface area contributed by atoms with E-state index in [1.54, 1.807) is 0 Å². The molecule has 0 spiro atoms. The van der Waals surface area contributed by atoms with Gasteiger partial charge in [0, 0.05) is 0 Å². The molecule has 6 heteroatoms. The summed E-state index contributed by atoms with van der Waals surface area (Å²) in [6, 6.07) is 0. The number of hydrogen-bond donors (Lipinski definition) is 3. The molecule has 1 saturated heterocycles. The second kappa shape index (κ2) is 12.6. The first-order valence-corrected chi connectivity index (χ1v) is 11.6. The van der Waals surface area contributed by atoms with E-state index in [1.165, 1.54) is 0 Å². The van der Waals surface area contributed by atoms with Crippen LogP contribution in [0, 0.1) is 5.92 Å². The molecular formula is C23H46O6. The molecule has 0 saturated carbocycles. The Kier molecular flexibility index (Phi) is 11.6. The monoisotopic (exact) mass is 418 g/mol. The van der Waals surface area contributed by atoms with E-state index in [9.17, 15) is 15.3 Å². The Labute approximate surface area is 177 Å². The molecule has 1 aliphatic rings. The Balaban J connectivity index is 3.23. The Bertz CT molecular complexity index is 447. The SMILES string of the molecule is CCCC[C@](C)(CC)OC1C(CO)O[C@](C)(C(CC)CCC)C(O)C1OCCO. The Morgan fingerprint density at radius 1 is 1.10 bits per heavy atom. The van der Waals surface area contributed by atoms with Crippen molar-refractivity contribution in [2.24, 2.45) is 5.92 Å². The van der Waals surface area contributed by atoms with E-state index in [2.05, 4.69) is 34.6 Å². The maximum atomic E-state index is 11.4. The third-order valence-electron chi connectivity index (χ3n) is 6.74. The molecule has 3 N–H and O–H groups in total. The molecular weight excluding hydrogens is 372 g/mol. The number of ether oxygens (including phenoxy) is 3. The van der Waals surface area contributed by atoms with Gasteiger partial charge < -0.3 is 29.5 Å². The Morgan fingerprint density at radius 2 is 1.79 bits per heavy atom. The molecule has 1 aliphatic heterocycles. The summed E-state index contributed by atoms with van der Waals surface area (Å²) in [4.78, 5) is 0. The van der Waals surface area contributed by atoms with Gasteiger partial charge in [-0.2, -0.15) is 0 Å². The van der Waals surface area contributed by atoms with Crippen molar-refractivity contribution in [1.82, 2.24) is 0 Å². The van der Waals surface area contributed by atoms with Crippen LogP contribution in [0.5, 0.6) is 0 Å². The standard InChI is InChI=1S/C23H46O6/c1-7-11-13-22(5,10-4)29-19-18(16-25)28-23(6,17(9-3)12-8-2)21(26)20(19)27-15-14-24/h17-21,24-26H,7-16H2,1-6H3/t17?,18?,19?,20?,21?,22-,23+/m0/s1. The zero-order chi connectivity index (χ0) is 22.1. The number of unbranched alkanes of at least 4 members (excludes halogenated alkanes) is 1. The van der Waals surface area contributed by atoms with E-state index in [0.717, 1.165) is 44.9 Å². The van der Waals surface area contributed by atoms with Gasteiger partial charge in [0.1, 0.15) is 24.4 Å². The Hall–Kier alpha value is -0.240. The molecule has 1 fully saturated rings. The number of rotatable bonds is 14. The van der Waals surface area contributed by atoms with Crippen LogP contribution >= 0.6 is 0 Å². The van der Waals surface area contributed by atoms with Gasteiger partial charge in [-0.25, -0.2) is 0 Å². The second-order valence-electron chi connectivity index (χ2n) is 8.91. The van der Waals surface area contributed by atoms with Crippen LogP contribution in [0.25, 0.3) is 0 Å². The van der Waals surface area contributed by atoms with Gasteiger partial charge in [-0.15, -0.1) is 0 Å². The summed E-state index contributed by atoms with van der Waals surface area (Å²) in [5.41, 5.74) is -1.23. The van der Waals surface area contributed by atoms with Crippen molar-refractivity contribution >= 4 is 0 Å². The molecule has 0 bridgehead atoms. The summed E-state index contributed by atoms with van der Waals surface area (Å²) in [6.45, 7) is 12.2. The van der Waals surface area contributed by atoms with Crippen molar-refractivity contribution in [2.45, 2.75) is 122 Å². The van der Waals surface area contributed by atoms with Gasteiger partial charge in [0.15, 0.2) is 0 Å². The molecule has 0 aromatic carbocycles. The van der Waals surface area contributed by atoms with Crippen LogP contribution in [-0.2, 0) is 14.2 Å². The highest BCUT2D eigenvalue weighted by Gasteiger charge is 2.56. The fourth-order valence-electron chi connectivity index (χ4n) is 4.62. The molecule has 7 atom stereocenters. The molecule has 0 aliphatic carbocycles. The molecule has 174 valence electrons. The zero-order valence-electron chi connectivity index (χ0n) is 19.5. The van der Waals surface area contributed by atoms with Gasteiger partial charge in [-0.1, -0.05) is 53.4 Å². The minimum Gasteiger partial charge on any atom is -0.394 e. The van der Waals surface area contributed by atoms with E-state index in [-0.39, 0.29) is 31.3 Å². The summed E-state index contributed by atoms with van der Waals surface area (Å²) in [7, 11) is 0. The van der Waals surface area contributed by atoms with Crippen molar-refractivity contribution in [3.63, 3.8) is 0 Å². The summed E-state index contributed by atoms with van der Waals surface area (Å²) >= 11 is 0. The predicted octanol–water partition coefficient (Wildman–Crippen LogP) is 3.45. The quantitative estimate of drug-likeness (QED) is 0.400. The Morgan fingerprint density at radius 3 is 2.28 bits per heavy atom. The van der Waals surface area contributed by atoms with Crippen LogP contribution in [0.1, 0.15) is 86.5 Å². The first-order valence-electron chi connectivity index (χ1n) is 11.6. The zero-order valence-corrected chi connectivity index (χ0v) is 19.5. The smallest absolute Gasteiger partial charge is 0.115 e. The molecule has 5 unspecified atom stereocenters. The van der Waals surface area contributed by atoms with Crippen LogP contribution in [0.15, 0.2) is 0 Å². The summed E-state index contributed by atoms with van der Waals surface area (Å²) in [6.07, 6.45) is 3.81. The fourth-order valence-corrected chi connectivity index (χ4v) is 4.62. The molecule has 1 heterocycles. The van der Waals surface area contributed by atoms with Crippen molar-refractivity contribution in [1.29, 1.82) is 0 Å². The molecule has 0 aromatic heterocycles. The van der Waals surface area contributed by atoms with Crippen molar-refractivity contribution in [3.05, 3.63) is 0 Å². The average Bonchev–Trinajstić information content (AvgIpc) is 2.72. The minimum absolute atomic E-state index is 0.109. The van der Waals surface area contributed by atoms with Crippen LogP contribution in [0.2, 0.25) is 0 Å². The lowest BCUT2D eigenvalue weighted by molar-refractivity contribution is -0.316. The number of aliphatic hydroxyl groups is 3. The van der Waals surface area contributed by atoms with Crippen molar-refractivity contribution in [2.75, 3.05) is 19.8 Å². The van der Waals surface area contributed by atoms with E-state index in [0.29, 0.717) is 0 Å². The third-order valence-corrected chi connectivity index (χ3v) is 6.74. The van der Waals surface area contributed by atoms with Crippen LogP contribution < -0.4 is 0 Å². The van der Waals surface area contributed by atoms with Gasteiger partial charge in [0.05, 0.1) is 31.0 Å². The van der Waals surface area contributed by atoms with Crippen molar-refractivity contribution < 1.29 is 29.5 Å². The maximum Gasteiger partial charge on any atom is 0.115 e.